The Balaban J connectivity index is 0.000000654. The molecule has 32 heavy (non-hydrogen) atoms. The molecule has 0 radical (unpaired) electrons. The Morgan fingerprint density at radius 1 is 1.16 bits per heavy atom. The van der Waals surface area contributed by atoms with Gasteiger partial charge in [-0.15, -0.1) is 0 Å². The Morgan fingerprint density at radius 2 is 1.97 bits per heavy atom. The van der Waals surface area contributed by atoms with E-state index in [0.29, 0.717) is 6.42 Å². The van der Waals surface area contributed by atoms with Crippen molar-refractivity contribution in [2.45, 2.75) is 52.0 Å². The Hall–Kier alpha value is -2.45. The number of carbonyl (C=O) groups excluding carboxylic acids is 1. The minimum Gasteiger partial charge on any atom is -0.774 e. The van der Waals surface area contributed by atoms with E-state index >= 15 is 0 Å². The van der Waals surface area contributed by atoms with Crippen molar-refractivity contribution in [2.75, 3.05) is 7.11 Å². The molecular weight excluding hydrogens is 424 g/mol. The van der Waals surface area contributed by atoms with Gasteiger partial charge in [0.1, 0.15) is 0 Å². The summed E-state index contributed by atoms with van der Waals surface area (Å²) in [6.45, 7) is 3.21. The number of nitrogens with zero attached hydrogens (tertiary/aromatic N) is 1. The summed E-state index contributed by atoms with van der Waals surface area (Å²) in [4.78, 5) is 18.8. The monoisotopic (exact) mass is 456 g/mol. The number of unbranched alkanes of at least 4 members (excludes halogenated alkanes) is 4. The number of fused-ring (bicyclic) bond motifs is 1. The van der Waals surface area contributed by atoms with Gasteiger partial charge in [0.25, 0.3) is 0 Å². The summed E-state index contributed by atoms with van der Waals surface area (Å²) in [5, 5.41) is 1.33. The fourth-order valence-corrected chi connectivity index (χ4v) is 3.49. The molecule has 6 nitrogen and oxygen atoms in total. The molecule has 0 aliphatic carbocycles. The van der Waals surface area contributed by atoms with Crippen molar-refractivity contribution >= 4 is 35.1 Å². The van der Waals surface area contributed by atoms with E-state index in [1.165, 1.54) is 42.8 Å². The topological polar surface area (TPSA) is 77.7 Å². The smallest absolute Gasteiger partial charge is 0.174 e. The molecule has 172 valence electrons. The zero-order chi connectivity index (χ0) is 23.0. The highest BCUT2D eigenvalue weighted by Crippen LogP contribution is 2.18. The third kappa shape index (κ3) is 9.78. The number of carbonyl (C=O) groups is 1. The fraction of sp³-hybridized carbons (Fsp3) is 0.360. The lowest BCUT2D eigenvalue weighted by molar-refractivity contribution is -0.378. The molecule has 0 amide bonds. The van der Waals surface area contributed by atoms with Crippen molar-refractivity contribution in [2.24, 2.45) is 0 Å². The Bertz CT molecular complexity index is 955. The second kappa shape index (κ2) is 15.4. The molecule has 3 aromatic rings. The summed E-state index contributed by atoms with van der Waals surface area (Å²) >= 11 is -0.0706. The number of benzene rings is 1. The molecule has 0 saturated carbocycles. The normalized spacial score (nSPS) is 11.0. The van der Waals surface area contributed by atoms with Gasteiger partial charge in [-0.25, -0.2) is 9.87 Å². The van der Waals surface area contributed by atoms with Crippen LogP contribution < -0.4 is 4.98 Å². The number of pyridine rings is 1. The van der Waals surface area contributed by atoms with Gasteiger partial charge in [-0.1, -0.05) is 43.2 Å². The molecule has 3 rings (SSSR count). The van der Waals surface area contributed by atoms with Gasteiger partial charge in [0, 0.05) is 36.3 Å². The lowest BCUT2D eigenvalue weighted by Gasteiger charge is -2.06. The van der Waals surface area contributed by atoms with Gasteiger partial charge in [-0.05, 0) is 61.6 Å². The molecule has 2 aromatic heterocycles. The van der Waals surface area contributed by atoms with Crippen LogP contribution in [-0.4, -0.2) is 22.0 Å². The van der Waals surface area contributed by atoms with E-state index in [2.05, 4.69) is 56.2 Å². The maximum absolute atomic E-state index is 11.9. The second-order valence-electron chi connectivity index (χ2n) is 7.53. The van der Waals surface area contributed by atoms with Crippen LogP contribution in [0.25, 0.3) is 17.0 Å². The van der Waals surface area contributed by atoms with Gasteiger partial charge >= 0.3 is 0 Å². The molecule has 0 fully saturated rings. The zero-order valence-corrected chi connectivity index (χ0v) is 19.6. The third-order valence-electron chi connectivity index (χ3n) is 5.04. The van der Waals surface area contributed by atoms with Crippen LogP contribution >= 0.6 is 12.3 Å². The number of aromatic nitrogens is 2. The number of rotatable bonds is 12. The average molecular weight is 457 g/mol. The van der Waals surface area contributed by atoms with Crippen molar-refractivity contribution < 1.29 is 23.6 Å². The van der Waals surface area contributed by atoms with Crippen LogP contribution in [0.3, 0.4) is 0 Å². The number of hydrogen-bond donors (Lipinski definition) is 0. The maximum atomic E-state index is 11.9. The quantitative estimate of drug-likeness (QED) is 0.114. The van der Waals surface area contributed by atoms with Crippen LogP contribution in [0.1, 0.15) is 49.7 Å². The van der Waals surface area contributed by atoms with E-state index in [-0.39, 0.29) is 18.1 Å². The minimum absolute atomic E-state index is 0.0706. The fourth-order valence-electron chi connectivity index (χ4n) is 3.44. The Kier molecular flexibility index (Phi) is 12.4. The number of hydrogen-bond acceptors (Lipinski definition) is 5. The molecule has 0 saturated heterocycles. The molecule has 2 heterocycles. The molecule has 1 N–H and O–H groups in total. The van der Waals surface area contributed by atoms with Crippen molar-refractivity contribution in [1.29, 1.82) is 0 Å². The lowest BCUT2D eigenvalue weighted by Crippen LogP contribution is -1.98. The molecule has 7 heteroatoms. The lowest BCUT2D eigenvalue weighted by atomic mass is 10.1. The Labute approximate surface area is 194 Å². The first-order valence-electron chi connectivity index (χ1n) is 10.9. The summed E-state index contributed by atoms with van der Waals surface area (Å²) in [5.41, 5.74) is 3.67. The van der Waals surface area contributed by atoms with E-state index in [1.807, 2.05) is 30.6 Å². The number of nitrogens with one attached hydrogen (secondary N) is 1. The molecule has 0 unspecified atom stereocenters. The minimum atomic E-state index is -0.0706. The molecule has 0 aliphatic heterocycles. The summed E-state index contributed by atoms with van der Waals surface area (Å²) in [6, 6.07) is 12.8. The number of aromatic amines is 1. The third-order valence-corrected chi connectivity index (χ3v) is 5.23. The van der Waals surface area contributed by atoms with Crippen molar-refractivity contribution in [1.82, 2.24) is 4.57 Å². The standard InChI is InChI=1S/C24H28N2O.CH4O3S/c1-20-10-13-24-22(18-20)14-17-26(24)16-6-4-2-3-5-9-23(27)12-11-21-8-7-15-25-19-21;1-3-4-5-2/h7-8,10-15,17-19H,2-6,9,16H2,1H3;2H,1H3/b12-11+;. The first-order chi connectivity index (χ1) is 15.6. The predicted octanol–water partition coefficient (Wildman–Crippen LogP) is 5.73. The van der Waals surface area contributed by atoms with Crippen molar-refractivity contribution in [3.63, 3.8) is 0 Å². The highest BCUT2D eigenvalue weighted by molar-refractivity contribution is 7.88. The number of ketones is 1. The average Bonchev–Trinajstić information content (AvgIpc) is 3.20. The first kappa shape index (κ1) is 25.8. The van der Waals surface area contributed by atoms with Gasteiger partial charge in [-0.2, -0.15) is 4.33 Å². The summed E-state index contributed by atoms with van der Waals surface area (Å²) in [7, 11) is 1.27. The zero-order valence-electron chi connectivity index (χ0n) is 18.8. The Morgan fingerprint density at radius 3 is 2.69 bits per heavy atom. The van der Waals surface area contributed by atoms with E-state index in [1.54, 1.807) is 6.08 Å². The van der Waals surface area contributed by atoms with Crippen LogP contribution in [0.4, 0.5) is 0 Å². The van der Waals surface area contributed by atoms with Gasteiger partial charge in [0.2, 0.25) is 0 Å². The largest absolute Gasteiger partial charge is 0.774 e. The van der Waals surface area contributed by atoms with Gasteiger partial charge < -0.3 is 9.12 Å². The van der Waals surface area contributed by atoms with Gasteiger partial charge in [-0.3, -0.25) is 4.79 Å². The highest BCUT2D eigenvalue weighted by Gasteiger charge is 2.02. The van der Waals surface area contributed by atoms with E-state index < -0.39 is 0 Å². The summed E-state index contributed by atoms with van der Waals surface area (Å²) < 4.78 is 15.1. The predicted molar refractivity (Wildman–Crippen MR) is 128 cm³/mol. The molecule has 0 aliphatic rings. The summed E-state index contributed by atoms with van der Waals surface area (Å²) in [6.07, 6.45) is 15.9. The number of H-pyrrole nitrogens is 1. The van der Waals surface area contributed by atoms with Crippen LogP contribution in [0.15, 0.2) is 61.1 Å². The van der Waals surface area contributed by atoms with Gasteiger partial charge in [0.15, 0.2) is 18.2 Å². The molecule has 0 spiro atoms. The number of aryl methyl sites for hydroxylation is 2. The highest BCUT2D eigenvalue weighted by atomic mass is 32.2. The van der Waals surface area contributed by atoms with Crippen LogP contribution in [-0.2, 0) is 20.6 Å². The van der Waals surface area contributed by atoms with Crippen LogP contribution in [0.5, 0.6) is 0 Å². The maximum Gasteiger partial charge on any atom is 0.174 e. The second-order valence-corrected chi connectivity index (χ2v) is 7.80. The summed E-state index contributed by atoms with van der Waals surface area (Å²) in [5.74, 6) is 0.216. The molecule has 0 atom stereocenters. The van der Waals surface area contributed by atoms with Crippen LogP contribution in [0, 0.1) is 6.92 Å². The van der Waals surface area contributed by atoms with Crippen molar-refractivity contribution in [3.05, 3.63) is 72.2 Å². The van der Waals surface area contributed by atoms with E-state index in [4.69, 9.17) is 4.55 Å². The van der Waals surface area contributed by atoms with E-state index in [9.17, 15) is 4.79 Å². The molecule has 1 aromatic carbocycles. The molecule has 0 bridgehead atoms. The number of allylic oxidation sites excluding steroid dienone is 1. The van der Waals surface area contributed by atoms with Crippen molar-refractivity contribution in [3.8, 4) is 0 Å². The SMILES string of the molecule is COOS[O-].Cc1ccc2c(ccn2CCCCCCCC(=O)/C=C/c2ccc[nH+]c2)c1. The van der Waals surface area contributed by atoms with Gasteiger partial charge in [0.05, 0.1) is 7.11 Å². The first-order valence-corrected chi connectivity index (χ1v) is 11.5. The molecular formula is C25H32N2O4S. The van der Waals surface area contributed by atoms with Crippen LogP contribution in [0.2, 0.25) is 0 Å². The van der Waals surface area contributed by atoms with E-state index in [0.717, 1.165) is 24.9 Å².